The number of imidazole rings is 1. The average molecular weight is 409 g/mol. The van der Waals surface area contributed by atoms with Crippen LogP contribution in [0.2, 0.25) is 0 Å². The third kappa shape index (κ3) is 3.55. The minimum absolute atomic E-state index is 0.299. The molecule has 0 fully saturated rings. The van der Waals surface area contributed by atoms with Crippen LogP contribution in [0.25, 0.3) is 16.9 Å². The third-order valence-electron chi connectivity index (χ3n) is 4.57. The van der Waals surface area contributed by atoms with Gasteiger partial charge in [0.2, 0.25) is 0 Å². The highest BCUT2D eigenvalue weighted by Gasteiger charge is 2.19. The summed E-state index contributed by atoms with van der Waals surface area (Å²) >= 11 is 0. The topological polar surface area (TPSA) is 64.9 Å². The second kappa shape index (κ2) is 7.82. The van der Waals surface area contributed by atoms with Crippen molar-refractivity contribution in [3.05, 3.63) is 78.0 Å². The Balaban J connectivity index is 1.80. The molecule has 0 bridgehead atoms. The summed E-state index contributed by atoms with van der Waals surface area (Å²) in [6.07, 6.45) is 1.72. The second-order valence-electron chi connectivity index (χ2n) is 6.42. The van der Waals surface area contributed by atoms with Crippen molar-refractivity contribution in [1.29, 1.82) is 0 Å². The number of hydrogen-bond donors (Lipinski definition) is 1. The number of nitrogens with zero attached hydrogens (tertiary/aromatic N) is 2. The Bertz CT molecular complexity index is 1230. The molecule has 0 unspecified atom stereocenters. The third-order valence-corrected chi connectivity index (χ3v) is 4.57. The van der Waals surface area contributed by atoms with Crippen molar-refractivity contribution in [3.8, 4) is 22.8 Å². The molecule has 2 heterocycles. The van der Waals surface area contributed by atoms with E-state index in [9.17, 15) is 13.6 Å². The van der Waals surface area contributed by atoms with Crippen molar-refractivity contribution in [2.75, 3.05) is 19.5 Å². The standard InChI is InChI=1S/C22H17F2N3O3/c1-29-15-9-14(10-16(12-15)30-2)22(28)26-21-20(13-6-7-17(23)18(24)11-13)25-19-5-3-4-8-27(19)21/h3-12H,1-2H3,(H,26,28). The Kier molecular flexibility index (Phi) is 5.05. The van der Waals surface area contributed by atoms with Gasteiger partial charge in [-0.15, -0.1) is 0 Å². The van der Waals surface area contributed by atoms with Gasteiger partial charge >= 0.3 is 0 Å². The van der Waals surface area contributed by atoms with Gasteiger partial charge in [0.25, 0.3) is 5.91 Å². The van der Waals surface area contributed by atoms with Gasteiger partial charge in [0.1, 0.15) is 28.7 Å². The van der Waals surface area contributed by atoms with Crippen LogP contribution < -0.4 is 14.8 Å². The lowest BCUT2D eigenvalue weighted by atomic mass is 10.1. The number of aromatic nitrogens is 2. The molecule has 0 spiro atoms. The number of pyridine rings is 1. The van der Waals surface area contributed by atoms with Gasteiger partial charge in [-0.1, -0.05) is 6.07 Å². The average Bonchev–Trinajstić information content (AvgIpc) is 3.13. The van der Waals surface area contributed by atoms with Crippen LogP contribution in [0.1, 0.15) is 10.4 Å². The van der Waals surface area contributed by atoms with Gasteiger partial charge in [-0.2, -0.15) is 0 Å². The molecule has 2 aromatic heterocycles. The summed E-state index contributed by atoms with van der Waals surface area (Å²) in [6, 6.07) is 13.6. The maximum atomic E-state index is 13.8. The first-order valence-corrected chi connectivity index (χ1v) is 8.97. The number of halogens is 2. The molecule has 0 radical (unpaired) electrons. The van der Waals surface area contributed by atoms with Gasteiger partial charge in [-0.25, -0.2) is 13.8 Å². The molecule has 2 aromatic carbocycles. The molecule has 0 atom stereocenters. The van der Waals surface area contributed by atoms with E-state index in [4.69, 9.17) is 9.47 Å². The zero-order valence-electron chi connectivity index (χ0n) is 16.1. The van der Waals surface area contributed by atoms with Crippen molar-refractivity contribution < 1.29 is 23.0 Å². The molecule has 30 heavy (non-hydrogen) atoms. The van der Waals surface area contributed by atoms with Gasteiger partial charge in [0, 0.05) is 23.4 Å². The predicted molar refractivity (Wildman–Crippen MR) is 108 cm³/mol. The fourth-order valence-corrected chi connectivity index (χ4v) is 3.08. The Hall–Kier alpha value is -3.94. The predicted octanol–water partition coefficient (Wildman–Crippen LogP) is 4.55. The summed E-state index contributed by atoms with van der Waals surface area (Å²) in [4.78, 5) is 17.5. The molecule has 0 aliphatic rings. The molecule has 1 N–H and O–H groups in total. The van der Waals surface area contributed by atoms with Gasteiger partial charge in [0.15, 0.2) is 11.6 Å². The van der Waals surface area contributed by atoms with Crippen LogP contribution in [0, 0.1) is 11.6 Å². The lowest BCUT2D eigenvalue weighted by molar-refractivity contribution is 0.102. The molecule has 4 rings (SSSR count). The Morgan fingerprint density at radius 2 is 1.70 bits per heavy atom. The zero-order valence-corrected chi connectivity index (χ0v) is 16.1. The van der Waals surface area contributed by atoms with E-state index in [1.54, 1.807) is 47.0 Å². The monoisotopic (exact) mass is 409 g/mol. The Morgan fingerprint density at radius 3 is 2.37 bits per heavy atom. The number of nitrogens with one attached hydrogen (secondary N) is 1. The number of rotatable bonds is 5. The highest BCUT2D eigenvalue weighted by Crippen LogP contribution is 2.31. The van der Waals surface area contributed by atoms with E-state index < -0.39 is 17.5 Å². The summed E-state index contributed by atoms with van der Waals surface area (Å²) in [5.74, 6) is -1.17. The molecule has 6 nitrogen and oxygen atoms in total. The molecule has 0 aliphatic carbocycles. The number of amides is 1. The molecule has 1 amide bonds. The van der Waals surface area contributed by atoms with E-state index >= 15 is 0 Å². The van der Waals surface area contributed by atoms with Crippen LogP contribution in [0.3, 0.4) is 0 Å². The molecule has 4 aromatic rings. The summed E-state index contributed by atoms with van der Waals surface area (Å²) in [7, 11) is 2.98. The Morgan fingerprint density at radius 1 is 0.967 bits per heavy atom. The van der Waals surface area contributed by atoms with E-state index in [1.807, 2.05) is 0 Å². The van der Waals surface area contributed by atoms with E-state index in [2.05, 4.69) is 10.3 Å². The fourth-order valence-electron chi connectivity index (χ4n) is 3.08. The highest BCUT2D eigenvalue weighted by atomic mass is 19.2. The first-order valence-electron chi connectivity index (χ1n) is 8.97. The lowest BCUT2D eigenvalue weighted by Gasteiger charge is -2.10. The largest absolute Gasteiger partial charge is 0.497 e. The van der Waals surface area contributed by atoms with E-state index in [0.717, 1.165) is 12.1 Å². The lowest BCUT2D eigenvalue weighted by Crippen LogP contribution is -2.14. The highest BCUT2D eigenvalue weighted by molar-refractivity contribution is 6.06. The quantitative estimate of drug-likeness (QED) is 0.525. The van der Waals surface area contributed by atoms with Gasteiger partial charge in [-0.05, 0) is 42.5 Å². The van der Waals surface area contributed by atoms with Gasteiger partial charge < -0.3 is 14.8 Å². The van der Waals surface area contributed by atoms with Crippen LogP contribution in [0.4, 0.5) is 14.6 Å². The first-order chi connectivity index (χ1) is 14.5. The first kappa shape index (κ1) is 19.4. The maximum Gasteiger partial charge on any atom is 0.257 e. The number of carbonyl (C=O) groups is 1. The van der Waals surface area contributed by atoms with Crippen LogP contribution in [0.15, 0.2) is 60.8 Å². The number of anilines is 1. The molecule has 152 valence electrons. The van der Waals surface area contributed by atoms with Gasteiger partial charge in [0.05, 0.1) is 14.2 Å². The Labute approximate surface area is 170 Å². The van der Waals surface area contributed by atoms with E-state index in [1.165, 1.54) is 20.3 Å². The number of methoxy groups -OCH3 is 2. The molecular formula is C22H17F2N3O3. The zero-order chi connectivity index (χ0) is 21.3. The number of carbonyl (C=O) groups excluding carboxylic acids is 1. The van der Waals surface area contributed by atoms with E-state index in [0.29, 0.717) is 39.8 Å². The molecule has 8 heteroatoms. The summed E-state index contributed by atoms with van der Waals surface area (Å²) < 4.78 is 39.3. The van der Waals surface area contributed by atoms with Crippen molar-refractivity contribution in [3.63, 3.8) is 0 Å². The fraction of sp³-hybridized carbons (Fsp3) is 0.0909. The molecule has 0 saturated carbocycles. The number of benzene rings is 2. The number of ether oxygens (including phenoxy) is 2. The van der Waals surface area contributed by atoms with Crippen LogP contribution in [-0.2, 0) is 0 Å². The number of fused-ring (bicyclic) bond motifs is 1. The summed E-state index contributed by atoms with van der Waals surface area (Å²) in [5.41, 5.74) is 1.48. The summed E-state index contributed by atoms with van der Waals surface area (Å²) in [6.45, 7) is 0. The van der Waals surface area contributed by atoms with Gasteiger partial charge in [-0.3, -0.25) is 9.20 Å². The van der Waals surface area contributed by atoms with Crippen molar-refractivity contribution in [2.45, 2.75) is 0 Å². The molecule has 0 aliphatic heterocycles. The van der Waals surface area contributed by atoms with Crippen LogP contribution in [-0.4, -0.2) is 29.5 Å². The smallest absolute Gasteiger partial charge is 0.257 e. The van der Waals surface area contributed by atoms with Crippen molar-refractivity contribution in [1.82, 2.24) is 9.38 Å². The molecular weight excluding hydrogens is 392 g/mol. The van der Waals surface area contributed by atoms with Crippen LogP contribution in [0.5, 0.6) is 11.5 Å². The van der Waals surface area contributed by atoms with Crippen LogP contribution >= 0.6 is 0 Å². The van der Waals surface area contributed by atoms with Crippen molar-refractivity contribution >= 4 is 17.4 Å². The minimum Gasteiger partial charge on any atom is -0.497 e. The van der Waals surface area contributed by atoms with Crippen molar-refractivity contribution in [2.24, 2.45) is 0 Å². The minimum atomic E-state index is -1.00. The maximum absolute atomic E-state index is 13.8. The SMILES string of the molecule is COc1cc(OC)cc(C(=O)Nc2c(-c3ccc(F)c(F)c3)nc3ccccn23)c1. The summed E-state index contributed by atoms with van der Waals surface area (Å²) in [5, 5.41) is 2.82. The number of hydrogen-bond acceptors (Lipinski definition) is 4. The normalized spacial score (nSPS) is 10.8. The second-order valence-corrected chi connectivity index (χ2v) is 6.42. The van der Waals surface area contributed by atoms with E-state index in [-0.39, 0.29) is 0 Å². The molecule has 0 saturated heterocycles.